The highest BCUT2D eigenvalue weighted by molar-refractivity contribution is 5.66. The van der Waals surface area contributed by atoms with Crippen molar-refractivity contribution < 1.29 is 14.2 Å². The Bertz CT molecular complexity index is 583. The van der Waals surface area contributed by atoms with Gasteiger partial charge in [0.1, 0.15) is 0 Å². The number of benzene rings is 1. The van der Waals surface area contributed by atoms with Crippen LogP contribution in [0.1, 0.15) is 5.56 Å². The monoisotopic (exact) mass is 275 g/mol. The minimum absolute atomic E-state index is 0.285. The molecule has 0 fully saturated rings. The van der Waals surface area contributed by atoms with Crippen LogP contribution in [0.15, 0.2) is 24.4 Å². The van der Waals surface area contributed by atoms with Crippen molar-refractivity contribution in [2.45, 2.75) is 6.54 Å². The van der Waals surface area contributed by atoms with Crippen molar-refractivity contribution in [3.05, 3.63) is 30.0 Å². The van der Waals surface area contributed by atoms with Gasteiger partial charge in [0.05, 0.1) is 18.5 Å². The van der Waals surface area contributed by atoms with Gasteiger partial charge in [0, 0.05) is 31.3 Å². The number of aromatic amines is 1. The van der Waals surface area contributed by atoms with Gasteiger partial charge in [-0.3, -0.25) is 5.10 Å². The van der Waals surface area contributed by atoms with E-state index in [0.717, 1.165) is 41.4 Å². The molecular weight excluding hydrogens is 258 g/mol. The number of H-pyrrole nitrogens is 1. The second kappa shape index (κ2) is 5.94. The van der Waals surface area contributed by atoms with Gasteiger partial charge in [0.2, 0.25) is 6.79 Å². The molecule has 1 aromatic heterocycles. The largest absolute Gasteiger partial charge is 0.454 e. The maximum atomic E-state index is 5.40. The van der Waals surface area contributed by atoms with E-state index >= 15 is 0 Å². The summed E-state index contributed by atoms with van der Waals surface area (Å²) >= 11 is 0. The first-order chi connectivity index (χ1) is 9.88. The van der Waals surface area contributed by atoms with Crippen LogP contribution in [0, 0.1) is 0 Å². The lowest BCUT2D eigenvalue weighted by Crippen LogP contribution is -2.18. The van der Waals surface area contributed by atoms with Gasteiger partial charge in [-0.05, 0) is 18.2 Å². The summed E-state index contributed by atoms with van der Waals surface area (Å²) < 4.78 is 15.7. The molecule has 1 aliphatic rings. The van der Waals surface area contributed by atoms with E-state index in [1.807, 2.05) is 24.4 Å². The molecular formula is C14H17N3O3. The van der Waals surface area contributed by atoms with Crippen molar-refractivity contribution >= 4 is 0 Å². The lowest BCUT2D eigenvalue weighted by atomic mass is 10.1. The zero-order chi connectivity index (χ0) is 13.8. The third-order valence-electron chi connectivity index (χ3n) is 3.18. The maximum absolute atomic E-state index is 5.40. The molecule has 2 N–H and O–H groups in total. The van der Waals surface area contributed by atoms with E-state index in [9.17, 15) is 0 Å². The molecule has 2 heterocycles. The number of aromatic nitrogens is 2. The fourth-order valence-electron chi connectivity index (χ4n) is 2.14. The second-order valence-electron chi connectivity index (χ2n) is 4.51. The van der Waals surface area contributed by atoms with E-state index in [2.05, 4.69) is 15.5 Å². The average molecular weight is 275 g/mol. The highest BCUT2D eigenvalue weighted by Crippen LogP contribution is 2.36. The van der Waals surface area contributed by atoms with Gasteiger partial charge in [-0.2, -0.15) is 5.10 Å². The fourth-order valence-corrected chi connectivity index (χ4v) is 2.14. The Labute approximate surface area is 117 Å². The van der Waals surface area contributed by atoms with Crippen LogP contribution in [0.5, 0.6) is 11.5 Å². The Kier molecular flexibility index (Phi) is 3.85. The number of hydrogen-bond donors (Lipinski definition) is 2. The minimum atomic E-state index is 0.285. The summed E-state index contributed by atoms with van der Waals surface area (Å²) in [6.07, 6.45) is 1.83. The molecule has 3 rings (SSSR count). The standard InChI is InChI=1S/C14H17N3O3/c1-18-5-4-15-7-11-8-16-17-14(11)10-2-3-12-13(6-10)20-9-19-12/h2-3,6,8,15H,4-5,7,9H2,1H3,(H,16,17). The highest BCUT2D eigenvalue weighted by atomic mass is 16.7. The first kappa shape index (κ1) is 13.0. The fraction of sp³-hybridized carbons (Fsp3) is 0.357. The molecule has 6 heteroatoms. The first-order valence-corrected chi connectivity index (χ1v) is 6.50. The number of methoxy groups -OCH3 is 1. The SMILES string of the molecule is COCCNCc1cn[nH]c1-c1ccc2c(c1)OCO2. The third kappa shape index (κ3) is 2.61. The number of hydrogen-bond acceptors (Lipinski definition) is 5. The second-order valence-corrected chi connectivity index (χ2v) is 4.51. The van der Waals surface area contributed by atoms with Crippen LogP contribution >= 0.6 is 0 Å². The topological polar surface area (TPSA) is 68.4 Å². The van der Waals surface area contributed by atoms with Gasteiger partial charge in [0.15, 0.2) is 11.5 Å². The van der Waals surface area contributed by atoms with Gasteiger partial charge < -0.3 is 19.5 Å². The van der Waals surface area contributed by atoms with Gasteiger partial charge in [-0.15, -0.1) is 0 Å². The van der Waals surface area contributed by atoms with Crippen molar-refractivity contribution in [2.24, 2.45) is 0 Å². The highest BCUT2D eigenvalue weighted by Gasteiger charge is 2.15. The normalized spacial score (nSPS) is 12.8. The molecule has 2 aromatic rings. The van der Waals surface area contributed by atoms with E-state index < -0.39 is 0 Å². The molecule has 0 radical (unpaired) electrons. The summed E-state index contributed by atoms with van der Waals surface area (Å²) in [5.41, 5.74) is 3.14. The van der Waals surface area contributed by atoms with Crippen LogP contribution in [0.4, 0.5) is 0 Å². The van der Waals surface area contributed by atoms with Gasteiger partial charge in [-0.1, -0.05) is 0 Å². The van der Waals surface area contributed by atoms with Crippen molar-refractivity contribution in [3.8, 4) is 22.8 Å². The number of ether oxygens (including phenoxy) is 3. The molecule has 0 saturated heterocycles. The summed E-state index contributed by atoms with van der Waals surface area (Å²) in [6, 6.07) is 5.88. The maximum Gasteiger partial charge on any atom is 0.231 e. The summed E-state index contributed by atoms with van der Waals surface area (Å²) in [5, 5.41) is 10.5. The molecule has 1 aliphatic heterocycles. The van der Waals surface area contributed by atoms with E-state index in [1.54, 1.807) is 7.11 Å². The summed E-state index contributed by atoms with van der Waals surface area (Å²) in [4.78, 5) is 0. The zero-order valence-electron chi connectivity index (χ0n) is 11.3. The van der Waals surface area contributed by atoms with Crippen LogP contribution in [-0.2, 0) is 11.3 Å². The lowest BCUT2D eigenvalue weighted by Gasteiger charge is -2.06. The van der Waals surface area contributed by atoms with Crippen LogP contribution in [0.3, 0.4) is 0 Å². The minimum Gasteiger partial charge on any atom is -0.454 e. The third-order valence-corrected chi connectivity index (χ3v) is 3.18. The first-order valence-electron chi connectivity index (χ1n) is 6.50. The van der Waals surface area contributed by atoms with Crippen LogP contribution < -0.4 is 14.8 Å². The Morgan fingerprint density at radius 1 is 1.35 bits per heavy atom. The predicted octanol–water partition coefficient (Wildman–Crippen LogP) is 1.54. The Balaban J connectivity index is 1.75. The number of fused-ring (bicyclic) bond motifs is 1. The summed E-state index contributed by atoms with van der Waals surface area (Å²) in [7, 11) is 1.69. The van der Waals surface area contributed by atoms with Crippen LogP contribution in [0.25, 0.3) is 11.3 Å². The Morgan fingerprint density at radius 2 is 2.25 bits per heavy atom. The molecule has 6 nitrogen and oxygen atoms in total. The number of nitrogens with zero attached hydrogens (tertiary/aromatic N) is 1. The van der Waals surface area contributed by atoms with Crippen LogP contribution in [0.2, 0.25) is 0 Å². The molecule has 106 valence electrons. The quantitative estimate of drug-likeness (QED) is 0.783. The molecule has 0 aliphatic carbocycles. The number of nitrogens with one attached hydrogen (secondary N) is 2. The smallest absolute Gasteiger partial charge is 0.231 e. The van der Waals surface area contributed by atoms with E-state index in [1.165, 1.54) is 0 Å². The van der Waals surface area contributed by atoms with Crippen molar-refractivity contribution in [3.63, 3.8) is 0 Å². The van der Waals surface area contributed by atoms with Crippen molar-refractivity contribution in [1.29, 1.82) is 0 Å². The summed E-state index contributed by atoms with van der Waals surface area (Å²) in [6.45, 7) is 2.52. The molecule has 0 amide bonds. The van der Waals surface area contributed by atoms with Gasteiger partial charge in [0.25, 0.3) is 0 Å². The van der Waals surface area contributed by atoms with E-state index in [0.29, 0.717) is 6.61 Å². The van der Waals surface area contributed by atoms with E-state index in [-0.39, 0.29) is 6.79 Å². The lowest BCUT2D eigenvalue weighted by molar-refractivity contribution is 0.174. The molecule has 20 heavy (non-hydrogen) atoms. The number of rotatable bonds is 6. The Hall–Kier alpha value is -2.05. The molecule has 0 bridgehead atoms. The molecule has 0 atom stereocenters. The molecule has 0 saturated carbocycles. The predicted molar refractivity (Wildman–Crippen MR) is 73.7 cm³/mol. The van der Waals surface area contributed by atoms with Gasteiger partial charge >= 0.3 is 0 Å². The summed E-state index contributed by atoms with van der Waals surface area (Å²) in [5.74, 6) is 1.56. The molecule has 0 spiro atoms. The zero-order valence-corrected chi connectivity index (χ0v) is 11.3. The Morgan fingerprint density at radius 3 is 3.15 bits per heavy atom. The van der Waals surface area contributed by atoms with E-state index in [4.69, 9.17) is 14.2 Å². The molecule has 0 unspecified atom stereocenters. The van der Waals surface area contributed by atoms with Crippen LogP contribution in [-0.4, -0.2) is 37.3 Å². The average Bonchev–Trinajstić information content (AvgIpc) is 3.11. The van der Waals surface area contributed by atoms with Crippen molar-refractivity contribution in [1.82, 2.24) is 15.5 Å². The van der Waals surface area contributed by atoms with Crippen molar-refractivity contribution in [2.75, 3.05) is 27.1 Å². The molecule has 1 aromatic carbocycles. The van der Waals surface area contributed by atoms with Gasteiger partial charge in [-0.25, -0.2) is 0 Å².